The molecule has 0 fully saturated rings. The number of nitrogen functional groups attached to an aromatic ring is 1. The van der Waals surface area contributed by atoms with Crippen molar-refractivity contribution in [3.63, 3.8) is 0 Å². The van der Waals surface area contributed by atoms with Gasteiger partial charge in [-0.2, -0.15) is 0 Å². The first-order chi connectivity index (χ1) is 6.18. The van der Waals surface area contributed by atoms with Crippen LogP contribution in [0.3, 0.4) is 0 Å². The quantitative estimate of drug-likeness (QED) is 0.658. The van der Waals surface area contributed by atoms with Crippen LogP contribution in [0.1, 0.15) is 0 Å². The highest BCUT2D eigenvalue weighted by atomic mass is 35.5. The zero-order valence-electron chi connectivity index (χ0n) is 6.46. The van der Waals surface area contributed by atoms with Crippen LogP contribution in [-0.4, -0.2) is 9.97 Å². The highest BCUT2D eigenvalue weighted by Gasteiger charge is 2.07. The van der Waals surface area contributed by atoms with Crippen molar-refractivity contribution in [1.29, 1.82) is 0 Å². The van der Waals surface area contributed by atoms with Crippen LogP contribution >= 0.6 is 11.6 Å². The average molecular weight is 198 g/mol. The second kappa shape index (κ2) is 2.81. The number of nitrogens with zero attached hydrogens (tertiary/aromatic N) is 2. The number of rotatable bonds is 0. The van der Waals surface area contributed by atoms with Gasteiger partial charge in [0.25, 0.3) is 0 Å². The van der Waals surface area contributed by atoms with Crippen LogP contribution < -0.4 is 5.73 Å². The number of benzene rings is 1. The molecule has 0 amide bonds. The molecular weight excluding hydrogens is 193 g/mol. The lowest BCUT2D eigenvalue weighted by Crippen LogP contribution is -1.96. The first-order valence-electron chi connectivity index (χ1n) is 3.56. The molecule has 3 nitrogen and oxygen atoms in total. The Morgan fingerprint density at radius 3 is 2.85 bits per heavy atom. The third-order valence-electron chi connectivity index (χ3n) is 1.67. The maximum Gasteiger partial charge on any atom is 0.224 e. The summed E-state index contributed by atoms with van der Waals surface area (Å²) in [7, 11) is 0. The molecule has 0 atom stereocenters. The Morgan fingerprint density at radius 1 is 1.31 bits per heavy atom. The number of aromatic nitrogens is 2. The minimum atomic E-state index is -0.438. The second-order valence-corrected chi connectivity index (χ2v) is 2.85. The van der Waals surface area contributed by atoms with E-state index in [1.807, 2.05) is 0 Å². The lowest BCUT2D eigenvalue weighted by atomic mass is 10.2. The maximum absolute atomic E-state index is 13.2. The lowest BCUT2D eigenvalue weighted by Gasteiger charge is -2.01. The molecule has 2 rings (SSSR count). The highest BCUT2D eigenvalue weighted by molar-refractivity contribution is 6.28. The Labute approximate surface area is 78.4 Å². The van der Waals surface area contributed by atoms with Crippen molar-refractivity contribution >= 4 is 28.3 Å². The van der Waals surface area contributed by atoms with Gasteiger partial charge in [-0.05, 0) is 23.7 Å². The topological polar surface area (TPSA) is 51.8 Å². The van der Waals surface area contributed by atoms with Gasteiger partial charge in [-0.15, -0.1) is 0 Å². The fourth-order valence-corrected chi connectivity index (χ4v) is 1.32. The highest BCUT2D eigenvalue weighted by Crippen LogP contribution is 2.21. The van der Waals surface area contributed by atoms with Gasteiger partial charge in [-0.1, -0.05) is 6.07 Å². The zero-order valence-corrected chi connectivity index (χ0v) is 7.22. The van der Waals surface area contributed by atoms with E-state index in [0.29, 0.717) is 5.52 Å². The van der Waals surface area contributed by atoms with Gasteiger partial charge in [0.05, 0.1) is 10.9 Å². The van der Waals surface area contributed by atoms with Crippen LogP contribution in [0.4, 0.5) is 10.2 Å². The van der Waals surface area contributed by atoms with Crippen molar-refractivity contribution in [1.82, 2.24) is 9.97 Å². The third kappa shape index (κ3) is 1.29. The third-order valence-corrected chi connectivity index (χ3v) is 1.84. The molecule has 1 aromatic carbocycles. The van der Waals surface area contributed by atoms with Gasteiger partial charge in [0, 0.05) is 0 Å². The number of hydrogen-bond acceptors (Lipinski definition) is 3. The van der Waals surface area contributed by atoms with E-state index < -0.39 is 5.82 Å². The molecule has 0 aliphatic rings. The van der Waals surface area contributed by atoms with Crippen molar-refractivity contribution in [2.24, 2.45) is 0 Å². The fourth-order valence-electron chi connectivity index (χ4n) is 1.14. The summed E-state index contributed by atoms with van der Waals surface area (Å²) in [5, 5.41) is 0.238. The Bertz CT molecular complexity index is 472. The Morgan fingerprint density at radius 2 is 2.08 bits per heavy atom. The molecule has 66 valence electrons. The standard InChI is InChI=1S/C8H5ClFN3/c9-8-12-5-3-1-2-4(10)6(5)7(11)13-8/h1-3H,(H2,11,12,13). The van der Waals surface area contributed by atoms with Gasteiger partial charge in [-0.3, -0.25) is 0 Å². The van der Waals surface area contributed by atoms with E-state index in [2.05, 4.69) is 9.97 Å². The largest absolute Gasteiger partial charge is 0.383 e. The van der Waals surface area contributed by atoms with Gasteiger partial charge in [0.2, 0.25) is 5.28 Å². The Hall–Kier alpha value is -1.42. The Balaban J connectivity index is 2.94. The molecule has 0 aliphatic heterocycles. The molecule has 13 heavy (non-hydrogen) atoms. The SMILES string of the molecule is Nc1nc(Cl)nc2cccc(F)c12. The van der Waals surface area contributed by atoms with E-state index in [4.69, 9.17) is 17.3 Å². The summed E-state index contributed by atoms with van der Waals surface area (Å²) < 4.78 is 13.2. The van der Waals surface area contributed by atoms with E-state index in [1.165, 1.54) is 6.07 Å². The van der Waals surface area contributed by atoms with Crippen molar-refractivity contribution in [3.8, 4) is 0 Å². The lowest BCUT2D eigenvalue weighted by molar-refractivity contribution is 0.639. The van der Waals surface area contributed by atoms with Crippen LogP contribution in [0.15, 0.2) is 18.2 Å². The van der Waals surface area contributed by atoms with Crippen molar-refractivity contribution in [2.45, 2.75) is 0 Å². The minimum Gasteiger partial charge on any atom is -0.383 e. The summed E-state index contributed by atoms with van der Waals surface area (Å²) in [6.07, 6.45) is 0. The van der Waals surface area contributed by atoms with Crippen LogP contribution in [0, 0.1) is 5.82 Å². The molecule has 0 saturated carbocycles. The van der Waals surface area contributed by atoms with Crippen molar-refractivity contribution in [2.75, 3.05) is 5.73 Å². The van der Waals surface area contributed by atoms with Crippen molar-refractivity contribution in [3.05, 3.63) is 29.3 Å². The van der Waals surface area contributed by atoms with E-state index in [9.17, 15) is 4.39 Å². The van der Waals surface area contributed by atoms with Gasteiger partial charge >= 0.3 is 0 Å². The monoisotopic (exact) mass is 197 g/mol. The molecule has 2 N–H and O–H groups in total. The van der Waals surface area contributed by atoms with Crippen LogP contribution in [-0.2, 0) is 0 Å². The molecule has 5 heteroatoms. The maximum atomic E-state index is 13.2. The molecule has 0 unspecified atom stereocenters. The van der Waals surface area contributed by atoms with Crippen molar-refractivity contribution < 1.29 is 4.39 Å². The molecule has 0 aliphatic carbocycles. The molecule has 1 aromatic heterocycles. The summed E-state index contributed by atoms with van der Waals surface area (Å²) in [5.74, 6) is -0.375. The van der Waals surface area contributed by atoms with Gasteiger partial charge in [-0.25, -0.2) is 14.4 Å². The summed E-state index contributed by atoms with van der Waals surface area (Å²) in [6, 6.07) is 4.47. The molecule has 0 spiro atoms. The molecule has 0 radical (unpaired) electrons. The van der Waals surface area contributed by atoms with Crippen LogP contribution in [0.2, 0.25) is 5.28 Å². The summed E-state index contributed by atoms with van der Waals surface area (Å²) in [5.41, 5.74) is 5.90. The minimum absolute atomic E-state index is 0.0237. The predicted molar refractivity (Wildman–Crippen MR) is 48.9 cm³/mol. The second-order valence-electron chi connectivity index (χ2n) is 2.51. The average Bonchev–Trinajstić information content (AvgIpc) is 2.02. The molecule has 0 saturated heterocycles. The van der Waals surface area contributed by atoms with E-state index >= 15 is 0 Å². The first kappa shape index (κ1) is 8.19. The first-order valence-corrected chi connectivity index (χ1v) is 3.93. The summed E-state index contributed by atoms with van der Waals surface area (Å²) in [4.78, 5) is 7.49. The normalized spacial score (nSPS) is 10.6. The van der Waals surface area contributed by atoms with E-state index in [0.717, 1.165) is 0 Å². The zero-order chi connectivity index (χ0) is 9.42. The number of fused-ring (bicyclic) bond motifs is 1. The van der Waals surface area contributed by atoms with Crippen LogP contribution in [0.5, 0.6) is 0 Å². The van der Waals surface area contributed by atoms with Gasteiger partial charge in [0.1, 0.15) is 11.6 Å². The molecule has 0 bridgehead atoms. The predicted octanol–water partition coefficient (Wildman–Crippen LogP) is 2.00. The molecule has 1 heterocycles. The van der Waals surface area contributed by atoms with Gasteiger partial charge in [0.15, 0.2) is 0 Å². The van der Waals surface area contributed by atoms with Gasteiger partial charge < -0.3 is 5.73 Å². The summed E-state index contributed by atoms with van der Waals surface area (Å²) >= 11 is 5.55. The molecule has 2 aromatic rings. The van der Waals surface area contributed by atoms with E-state index in [-0.39, 0.29) is 16.5 Å². The fraction of sp³-hybridized carbons (Fsp3) is 0. The molecular formula is C8H5ClFN3. The smallest absolute Gasteiger partial charge is 0.224 e. The number of nitrogens with two attached hydrogens (primary N) is 1. The number of anilines is 1. The Kier molecular flexibility index (Phi) is 1.77. The number of hydrogen-bond donors (Lipinski definition) is 1. The van der Waals surface area contributed by atoms with Crippen LogP contribution in [0.25, 0.3) is 10.9 Å². The van der Waals surface area contributed by atoms with E-state index in [1.54, 1.807) is 12.1 Å². The number of halogens is 2. The summed E-state index contributed by atoms with van der Waals surface area (Å²) in [6.45, 7) is 0.